The molecule has 0 spiro atoms. The first-order chi connectivity index (χ1) is 17.2. The second-order valence-electron chi connectivity index (χ2n) is 9.20. The Labute approximate surface area is 216 Å². The Balaban J connectivity index is 1.40. The first kappa shape index (κ1) is 26.2. The van der Waals surface area contributed by atoms with Crippen LogP contribution in [0.25, 0.3) is 0 Å². The maximum absolute atomic E-state index is 13.3. The molecular formula is C26H29ClN2O6S. The van der Waals surface area contributed by atoms with Crippen LogP contribution >= 0.6 is 11.6 Å². The summed E-state index contributed by atoms with van der Waals surface area (Å²) in [5.74, 6) is -1.44. The molecule has 1 unspecified atom stereocenters. The lowest BCUT2D eigenvalue weighted by molar-refractivity contribution is -0.155. The van der Waals surface area contributed by atoms with Crippen LogP contribution in [0.5, 0.6) is 0 Å². The predicted octanol–water partition coefficient (Wildman–Crippen LogP) is 4.43. The van der Waals surface area contributed by atoms with Crippen molar-refractivity contribution >= 4 is 50.7 Å². The van der Waals surface area contributed by atoms with Gasteiger partial charge in [0, 0.05) is 18.4 Å². The number of hydrogen-bond acceptors (Lipinski definition) is 6. The average Bonchev–Trinajstić information content (AvgIpc) is 2.84. The molecule has 0 heterocycles. The molecule has 36 heavy (non-hydrogen) atoms. The number of esters is 1. The van der Waals surface area contributed by atoms with E-state index in [1.807, 2.05) is 0 Å². The number of sulfonamides is 1. The third-order valence-electron chi connectivity index (χ3n) is 6.86. The molecule has 0 saturated heterocycles. The standard InChI is InChI=1S/C26H29ClN2O6S/c1-2-29(20-9-4-3-5-10-20)36(33,34)21-11-12-22(27)23(15-21)28-24(30)16-35-26(32)19-13-17-7-6-8-18(14-19)25(17)31/h3-5,9-12,15,17-19H,2,6-8,13-14,16H2,1H3,(H,28,30)/t17-,18+,19?. The van der Waals surface area contributed by atoms with Crippen molar-refractivity contribution in [3.8, 4) is 0 Å². The van der Waals surface area contributed by atoms with E-state index in [4.69, 9.17) is 16.3 Å². The number of nitrogens with one attached hydrogen (secondary N) is 1. The number of benzene rings is 2. The molecule has 8 nitrogen and oxygen atoms in total. The van der Waals surface area contributed by atoms with E-state index in [0.717, 1.165) is 19.3 Å². The van der Waals surface area contributed by atoms with Crippen molar-refractivity contribution in [2.24, 2.45) is 17.8 Å². The maximum Gasteiger partial charge on any atom is 0.309 e. The van der Waals surface area contributed by atoms with Crippen LogP contribution in [0, 0.1) is 17.8 Å². The summed E-state index contributed by atoms with van der Waals surface area (Å²) in [4.78, 5) is 37.3. The summed E-state index contributed by atoms with van der Waals surface area (Å²) in [5, 5.41) is 2.69. The molecule has 0 aliphatic heterocycles. The first-order valence-corrected chi connectivity index (χ1v) is 13.9. The van der Waals surface area contributed by atoms with E-state index in [0.29, 0.717) is 18.5 Å². The number of para-hydroxylation sites is 1. The van der Waals surface area contributed by atoms with Gasteiger partial charge in [0.1, 0.15) is 5.78 Å². The van der Waals surface area contributed by atoms with Crippen molar-refractivity contribution in [3.05, 3.63) is 53.6 Å². The molecule has 2 aromatic rings. The van der Waals surface area contributed by atoms with Gasteiger partial charge in [-0.3, -0.25) is 18.7 Å². The quantitative estimate of drug-likeness (QED) is 0.503. The van der Waals surface area contributed by atoms with Gasteiger partial charge in [-0.15, -0.1) is 0 Å². The van der Waals surface area contributed by atoms with Gasteiger partial charge in [0.25, 0.3) is 15.9 Å². The third kappa shape index (κ3) is 5.57. The number of hydrogen-bond donors (Lipinski definition) is 1. The second kappa shape index (κ2) is 11.0. The van der Waals surface area contributed by atoms with Crippen molar-refractivity contribution in [2.45, 2.75) is 43.9 Å². The summed E-state index contributed by atoms with van der Waals surface area (Å²) in [7, 11) is -3.92. The van der Waals surface area contributed by atoms with Crippen LogP contribution in [0.15, 0.2) is 53.4 Å². The molecule has 2 aromatic carbocycles. The average molecular weight is 533 g/mol. The number of rotatable bonds is 8. The minimum atomic E-state index is -3.92. The Morgan fingerprint density at radius 1 is 1.08 bits per heavy atom. The van der Waals surface area contributed by atoms with E-state index in [1.54, 1.807) is 37.3 Å². The van der Waals surface area contributed by atoms with Gasteiger partial charge in [-0.05, 0) is 62.9 Å². The van der Waals surface area contributed by atoms with Crippen molar-refractivity contribution in [1.82, 2.24) is 0 Å². The predicted molar refractivity (Wildman–Crippen MR) is 136 cm³/mol. The summed E-state index contributed by atoms with van der Waals surface area (Å²) in [6, 6.07) is 12.8. The Kier molecular flexibility index (Phi) is 8.00. The number of halogens is 1. The van der Waals surface area contributed by atoms with E-state index in [2.05, 4.69) is 5.32 Å². The highest BCUT2D eigenvalue weighted by Gasteiger charge is 2.42. The highest BCUT2D eigenvalue weighted by molar-refractivity contribution is 7.92. The topological polar surface area (TPSA) is 110 Å². The molecule has 0 radical (unpaired) electrons. The van der Waals surface area contributed by atoms with Crippen LogP contribution in [-0.2, 0) is 29.1 Å². The van der Waals surface area contributed by atoms with Crippen molar-refractivity contribution in [3.63, 3.8) is 0 Å². The van der Waals surface area contributed by atoms with E-state index in [-0.39, 0.29) is 45.7 Å². The summed E-state index contributed by atoms with van der Waals surface area (Å²) in [5.41, 5.74) is 0.613. The fourth-order valence-corrected chi connectivity index (χ4v) is 6.75. The van der Waals surface area contributed by atoms with Crippen LogP contribution in [0.3, 0.4) is 0 Å². The number of carbonyl (C=O) groups excluding carboxylic acids is 3. The van der Waals surface area contributed by atoms with Crippen LogP contribution in [0.2, 0.25) is 5.02 Å². The van der Waals surface area contributed by atoms with E-state index in [1.165, 1.54) is 22.5 Å². The highest BCUT2D eigenvalue weighted by atomic mass is 35.5. The molecule has 4 rings (SSSR count). The molecule has 1 N–H and O–H groups in total. The molecule has 2 fully saturated rings. The summed E-state index contributed by atoms with van der Waals surface area (Å²) >= 11 is 6.21. The van der Waals surface area contributed by atoms with Crippen molar-refractivity contribution in [1.29, 1.82) is 0 Å². The molecule has 2 aliphatic carbocycles. The van der Waals surface area contributed by atoms with Gasteiger partial charge in [-0.1, -0.05) is 36.2 Å². The molecule has 3 atom stereocenters. The molecule has 10 heteroatoms. The van der Waals surface area contributed by atoms with Gasteiger partial charge in [-0.25, -0.2) is 8.42 Å². The third-order valence-corrected chi connectivity index (χ3v) is 9.09. The molecule has 1 amide bonds. The molecular weight excluding hydrogens is 504 g/mol. The van der Waals surface area contributed by atoms with Crippen LogP contribution in [-0.4, -0.2) is 39.2 Å². The highest BCUT2D eigenvalue weighted by Crippen LogP contribution is 2.40. The number of nitrogens with zero attached hydrogens (tertiary/aromatic N) is 1. The summed E-state index contributed by atoms with van der Waals surface area (Å²) in [6.45, 7) is 1.41. The SMILES string of the molecule is CCN(c1ccccc1)S(=O)(=O)c1ccc(Cl)c(NC(=O)COC(=O)C2C[C@H]3CCC[C@@H](C2)C3=O)c1. The van der Waals surface area contributed by atoms with E-state index >= 15 is 0 Å². The van der Waals surface area contributed by atoms with Gasteiger partial charge in [0.15, 0.2) is 6.61 Å². The van der Waals surface area contributed by atoms with Gasteiger partial charge >= 0.3 is 5.97 Å². The number of ether oxygens (including phenoxy) is 1. The number of Topliss-reactive ketones (excluding diaryl/α,β-unsaturated/α-hetero) is 1. The molecule has 2 aliphatic rings. The zero-order chi connectivity index (χ0) is 25.9. The zero-order valence-corrected chi connectivity index (χ0v) is 21.6. The largest absolute Gasteiger partial charge is 0.455 e. The normalized spacial score (nSPS) is 21.5. The van der Waals surface area contributed by atoms with Gasteiger partial charge in [0.05, 0.1) is 27.2 Å². The number of amides is 1. The van der Waals surface area contributed by atoms with Gasteiger partial charge in [0.2, 0.25) is 0 Å². The lowest BCUT2D eigenvalue weighted by Gasteiger charge is -2.36. The Hall–Kier alpha value is -2.91. The number of fused-ring (bicyclic) bond motifs is 2. The Morgan fingerprint density at radius 2 is 1.75 bits per heavy atom. The monoisotopic (exact) mass is 532 g/mol. The zero-order valence-electron chi connectivity index (χ0n) is 20.0. The Morgan fingerprint density at radius 3 is 2.39 bits per heavy atom. The summed E-state index contributed by atoms with van der Waals surface area (Å²) in [6.07, 6.45) is 3.55. The molecule has 192 valence electrons. The fraction of sp³-hybridized carbons (Fsp3) is 0.423. The maximum atomic E-state index is 13.3. The van der Waals surface area contributed by atoms with Crippen molar-refractivity contribution in [2.75, 3.05) is 22.8 Å². The lowest BCUT2D eigenvalue weighted by Crippen LogP contribution is -2.40. The second-order valence-corrected chi connectivity index (χ2v) is 11.5. The minimum absolute atomic E-state index is 0.0386. The van der Waals surface area contributed by atoms with Crippen LogP contribution in [0.1, 0.15) is 39.0 Å². The molecule has 0 aromatic heterocycles. The lowest BCUT2D eigenvalue weighted by atomic mass is 9.67. The molecule has 2 bridgehead atoms. The van der Waals surface area contributed by atoms with Crippen molar-refractivity contribution < 1.29 is 27.5 Å². The van der Waals surface area contributed by atoms with E-state index in [9.17, 15) is 22.8 Å². The smallest absolute Gasteiger partial charge is 0.309 e. The van der Waals surface area contributed by atoms with Crippen LogP contribution in [0.4, 0.5) is 11.4 Å². The fourth-order valence-electron chi connectivity index (χ4n) is 5.09. The number of carbonyl (C=O) groups is 3. The summed E-state index contributed by atoms with van der Waals surface area (Å²) < 4.78 is 33.1. The molecule has 2 saturated carbocycles. The van der Waals surface area contributed by atoms with Crippen LogP contribution < -0.4 is 9.62 Å². The number of anilines is 2. The minimum Gasteiger partial charge on any atom is -0.455 e. The first-order valence-electron chi connectivity index (χ1n) is 12.1. The van der Waals surface area contributed by atoms with Gasteiger partial charge in [-0.2, -0.15) is 0 Å². The van der Waals surface area contributed by atoms with Gasteiger partial charge < -0.3 is 10.1 Å². The number of ketones is 1. The van der Waals surface area contributed by atoms with E-state index < -0.39 is 28.5 Å². The Bertz CT molecular complexity index is 1230.